The van der Waals surface area contributed by atoms with Crippen LogP contribution in [-0.4, -0.2) is 42.1 Å². The molecule has 4 unspecified atom stereocenters. The Kier molecular flexibility index (Phi) is 9.65. The van der Waals surface area contributed by atoms with Crippen LogP contribution < -0.4 is 11.1 Å². The monoisotopic (exact) mass is 654 g/mol. The van der Waals surface area contributed by atoms with Gasteiger partial charge in [-0.05, 0) is 128 Å². The van der Waals surface area contributed by atoms with E-state index in [1.807, 2.05) is 13.8 Å². The summed E-state index contributed by atoms with van der Waals surface area (Å²) in [6.07, 6.45) is 11.8. The van der Waals surface area contributed by atoms with Gasteiger partial charge in [0, 0.05) is 24.9 Å². The zero-order valence-corrected chi connectivity index (χ0v) is 30.9. The van der Waals surface area contributed by atoms with Gasteiger partial charge in [-0.15, -0.1) is 0 Å². The number of fused-ring (bicyclic) bond motifs is 7. The number of amides is 1. The van der Waals surface area contributed by atoms with Gasteiger partial charge < -0.3 is 20.9 Å². The number of rotatable bonds is 10. The number of hydrogen-bond acceptors (Lipinski definition) is 5. The van der Waals surface area contributed by atoms with Gasteiger partial charge in [0.05, 0.1) is 12.8 Å². The average Bonchev–Trinajstić information content (AvgIpc) is 3.32. The minimum Gasteiger partial charge on any atom is -0.481 e. The van der Waals surface area contributed by atoms with Crippen LogP contribution in [0.25, 0.3) is 0 Å². The fraction of sp³-hybridized carbons (Fsp3) is 0.875. The standard InChI is InChI=1S/C40H66N2O5/c1-25(2)26-12-17-40(22-31(43)42-21-20-41)19-18-38(8)27(34(26)40)10-11-29-37(7)15-14-30(36(5,6)28(37)13-16-39(29,38)9)47-33(46)24-35(3,4)23-32(44)45/h26-30,34H,1,10-24,41H2,2-9H3,(H,42,43)(H,44,45)/t26-,27+,28?,29?,30?,34?,37-,38+,39+,40+/m0/s1. The quantitative estimate of drug-likeness (QED) is 0.163. The summed E-state index contributed by atoms with van der Waals surface area (Å²) in [7, 11) is 0. The molecule has 7 heteroatoms. The van der Waals surface area contributed by atoms with E-state index in [9.17, 15) is 19.5 Å². The maximum Gasteiger partial charge on any atom is 0.306 e. The molecule has 0 aromatic rings. The molecule has 266 valence electrons. The van der Waals surface area contributed by atoms with Crippen molar-refractivity contribution in [2.24, 2.45) is 67.8 Å². The third-order valence-electron chi connectivity index (χ3n) is 15.7. The molecule has 7 nitrogen and oxygen atoms in total. The predicted octanol–water partition coefficient (Wildman–Crippen LogP) is 7.91. The topological polar surface area (TPSA) is 119 Å². The Bertz CT molecular complexity index is 1260. The molecule has 0 aliphatic heterocycles. The van der Waals surface area contributed by atoms with Crippen molar-refractivity contribution >= 4 is 17.8 Å². The first kappa shape index (κ1) is 36.4. The molecule has 5 aliphatic rings. The molecule has 5 fully saturated rings. The van der Waals surface area contributed by atoms with E-state index in [-0.39, 0.29) is 57.9 Å². The lowest BCUT2D eigenvalue weighted by atomic mass is 9.32. The number of ether oxygens (including phenoxy) is 1. The third kappa shape index (κ3) is 6.01. The minimum absolute atomic E-state index is 0.0482. The van der Waals surface area contributed by atoms with E-state index in [1.54, 1.807) is 0 Å². The number of carbonyl (C=O) groups is 3. The fourth-order valence-electron chi connectivity index (χ4n) is 13.4. The molecule has 4 N–H and O–H groups in total. The second-order valence-electron chi connectivity index (χ2n) is 19.1. The van der Waals surface area contributed by atoms with Gasteiger partial charge >= 0.3 is 11.9 Å². The molecule has 0 radical (unpaired) electrons. The number of nitrogens with one attached hydrogen (secondary N) is 1. The smallest absolute Gasteiger partial charge is 0.306 e. The number of nitrogens with two attached hydrogens (primary N) is 1. The number of allylic oxidation sites excluding steroid dienone is 1. The maximum absolute atomic E-state index is 13.2. The molecule has 0 aromatic carbocycles. The van der Waals surface area contributed by atoms with Crippen molar-refractivity contribution in [3.63, 3.8) is 0 Å². The van der Waals surface area contributed by atoms with Crippen molar-refractivity contribution in [2.75, 3.05) is 13.1 Å². The highest BCUT2D eigenvalue weighted by Gasteiger charge is 2.71. The summed E-state index contributed by atoms with van der Waals surface area (Å²) in [6, 6.07) is 0. The van der Waals surface area contributed by atoms with Gasteiger partial charge in [-0.1, -0.05) is 60.6 Å². The summed E-state index contributed by atoms with van der Waals surface area (Å²) in [5.74, 6) is 1.65. The lowest BCUT2D eigenvalue weighted by Crippen LogP contribution is -2.67. The van der Waals surface area contributed by atoms with Crippen molar-refractivity contribution in [1.29, 1.82) is 0 Å². The number of carbonyl (C=O) groups excluding carboxylic acids is 2. The molecule has 5 rings (SSSR count). The van der Waals surface area contributed by atoms with Gasteiger partial charge in [0.2, 0.25) is 5.91 Å². The molecule has 0 heterocycles. The maximum atomic E-state index is 13.2. The second kappa shape index (κ2) is 12.5. The van der Waals surface area contributed by atoms with E-state index in [4.69, 9.17) is 10.5 Å². The Morgan fingerprint density at radius 1 is 0.894 bits per heavy atom. The van der Waals surface area contributed by atoms with Crippen LogP contribution in [0.1, 0.15) is 139 Å². The Balaban J connectivity index is 1.39. The van der Waals surface area contributed by atoms with E-state index in [0.29, 0.717) is 49.1 Å². The lowest BCUT2D eigenvalue weighted by Gasteiger charge is -2.73. The van der Waals surface area contributed by atoms with E-state index < -0.39 is 11.4 Å². The van der Waals surface area contributed by atoms with Crippen LogP contribution in [-0.2, 0) is 19.1 Å². The molecular formula is C40H66N2O5. The van der Waals surface area contributed by atoms with Crippen LogP contribution >= 0.6 is 0 Å². The highest BCUT2D eigenvalue weighted by molar-refractivity contribution is 5.77. The summed E-state index contributed by atoms with van der Waals surface area (Å²) in [4.78, 5) is 37.8. The van der Waals surface area contributed by atoms with Crippen molar-refractivity contribution in [1.82, 2.24) is 5.32 Å². The molecule has 1 amide bonds. The van der Waals surface area contributed by atoms with Crippen molar-refractivity contribution < 1.29 is 24.2 Å². The largest absolute Gasteiger partial charge is 0.481 e. The fourth-order valence-corrected chi connectivity index (χ4v) is 13.4. The number of carboxylic acid groups (broad SMARTS) is 1. The minimum atomic E-state index is -0.884. The van der Waals surface area contributed by atoms with Crippen LogP contribution in [0.2, 0.25) is 0 Å². The Hall–Kier alpha value is -1.89. The first-order valence-electron chi connectivity index (χ1n) is 18.8. The van der Waals surface area contributed by atoms with E-state index in [1.165, 1.54) is 31.3 Å². The van der Waals surface area contributed by atoms with Crippen LogP contribution in [0.5, 0.6) is 0 Å². The van der Waals surface area contributed by atoms with Gasteiger partial charge in [0.25, 0.3) is 0 Å². The van der Waals surface area contributed by atoms with E-state index in [0.717, 1.165) is 38.5 Å². The molecule has 47 heavy (non-hydrogen) atoms. The molecule has 0 saturated heterocycles. The Morgan fingerprint density at radius 2 is 1.60 bits per heavy atom. The summed E-state index contributed by atoms with van der Waals surface area (Å²) < 4.78 is 6.25. The van der Waals surface area contributed by atoms with Crippen LogP contribution in [0.3, 0.4) is 0 Å². The second-order valence-corrected chi connectivity index (χ2v) is 19.1. The third-order valence-corrected chi connectivity index (χ3v) is 15.7. The van der Waals surface area contributed by atoms with Crippen LogP contribution in [0.15, 0.2) is 12.2 Å². The lowest BCUT2D eigenvalue weighted by molar-refractivity contribution is -0.250. The predicted molar refractivity (Wildman–Crippen MR) is 186 cm³/mol. The van der Waals surface area contributed by atoms with Crippen molar-refractivity contribution in [3.05, 3.63) is 12.2 Å². The molecule has 5 aliphatic carbocycles. The molecule has 5 saturated carbocycles. The summed E-state index contributed by atoms with van der Waals surface area (Å²) in [5, 5.41) is 12.4. The Labute approximate surface area is 285 Å². The molecule has 0 bridgehead atoms. The van der Waals surface area contributed by atoms with Gasteiger partial charge in [-0.3, -0.25) is 14.4 Å². The number of esters is 1. The number of carboxylic acids is 1. The Morgan fingerprint density at radius 3 is 2.23 bits per heavy atom. The van der Waals surface area contributed by atoms with Gasteiger partial charge in [-0.25, -0.2) is 0 Å². The SMILES string of the molecule is C=C(C)[C@@H]1CC[C@]2(CC(=O)NCCN)CC[C@]3(C)[C@H](CCC4[C@@]5(C)CCC(OC(=O)CC(C)(C)CC(=O)O)C(C)(C)C5CC[C@]43C)C12. The van der Waals surface area contributed by atoms with Gasteiger partial charge in [-0.2, -0.15) is 0 Å². The first-order chi connectivity index (χ1) is 21.8. The summed E-state index contributed by atoms with van der Waals surface area (Å²) >= 11 is 0. The van der Waals surface area contributed by atoms with Crippen molar-refractivity contribution in [3.8, 4) is 0 Å². The van der Waals surface area contributed by atoms with Crippen LogP contribution in [0, 0.1) is 62.1 Å². The number of hydrogen-bond donors (Lipinski definition) is 3. The molecule has 0 spiro atoms. The summed E-state index contributed by atoms with van der Waals surface area (Å²) in [5.41, 5.74) is 6.86. The van der Waals surface area contributed by atoms with Crippen LogP contribution in [0.4, 0.5) is 0 Å². The van der Waals surface area contributed by atoms with E-state index in [2.05, 4.69) is 53.4 Å². The molecular weight excluding hydrogens is 588 g/mol. The van der Waals surface area contributed by atoms with E-state index >= 15 is 0 Å². The first-order valence-corrected chi connectivity index (χ1v) is 18.8. The zero-order chi connectivity index (χ0) is 34.8. The molecule has 10 atom stereocenters. The number of aliphatic carboxylic acids is 1. The summed E-state index contributed by atoms with van der Waals surface area (Å²) in [6.45, 7) is 23.9. The highest BCUT2D eigenvalue weighted by Crippen LogP contribution is 2.78. The van der Waals surface area contributed by atoms with Gasteiger partial charge in [0.1, 0.15) is 6.10 Å². The van der Waals surface area contributed by atoms with Crippen molar-refractivity contribution in [2.45, 2.75) is 145 Å². The van der Waals surface area contributed by atoms with Gasteiger partial charge in [0.15, 0.2) is 0 Å². The highest BCUT2D eigenvalue weighted by atomic mass is 16.5. The molecule has 0 aromatic heterocycles. The normalized spacial score (nSPS) is 42.2. The zero-order valence-electron chi connectivity index (χ0n) is 30.9. The average molecular weight is 655 g/mol.